The summed E-state index contributed by atoms with van der Waals surface area (Å²) in [6.07, 6.45) is 4.27. The van der Waals surface area contributed by atoms with Crippen LogP contribution < -0.4 is 14.8 Å². The number of nitrogens with zero attached hydrogens (tertiary/aromatic N) is 1. The van der Waals surface area contributed by atoms with Crippen LogP contribution in [0.5, 0.6) is 11.5 Å². The summed E-state index contributed by atoms with van der Waals surface area (Å²) in [4.78, 5) is 28.4. The molecule has 1 aliphatic carbocycles. The van der Waals surface area contributed by atoms with Crippen molar-refractivity contribution in [2.75, 3.05) is 13.3 Å². The number of carbonyl (C=O) groups excluding carboxylic acids is 2. The van der Waals surface area contributed by atoms with Gasteiger partial charge in [0, 0.05) is 11.6 Å². The molecule has 2 heterocycles. The highest BCUT2D eigenvalue weighted by atomic mass is 35.5. The molecule has 7 nitrogen and oxygen atoms in total. The number of amides is 2. The zero-order chi connectivity index (χ0) is 26.2. The standard InChI is InChI=1S/C29H33ClN2O5/c1-29(2,3)20-7-11-23-22(14-20)32(28(34)26(37-23)12-18-4-8-21(30)9-5-18)16-27(33)31-15-19-6-10-24-25(13-19)36-17-35-24/h4-6,8-10,12-13,20,22-23H,7,11,14-17H2,1-3H3,(H,31,33)/b26-12+. The number of hydrogen-bond acceptors (Lipinski definition) is 5. The lowest BCUT2D eigenvalue weighted by Crippen LogP contribution is -2.58. The van der Waals surface area contributed by atoms with Crippen LogP contribution in [0.2, 0.25) is 5.02 Å². The highest BCUT2D eigenvalue weighted by Crippen LogP contribution is 2.43. The van der Waals surface area contributed by atoms with Crippen LogP contribution in [-0.2, 0) is 20.9 Å². The van der Waals surface area contributed by atoms with Crippen molar-refractivity contribution in [2.45, 2.75) is 58.7 Å². The first-order valence-electron chi connectivity index (χ1n) is 12.8. The van der Waals surface area contributed by atoms with Crippen LogP contribution in [0.4, 0.5) is 0 Å². The van der Waals surface area contributed by atoms with Crippen molar-refractivity contribution in [3.05, 3.63) is 64.4 Å². The van der Waals surface area contributed by atoms with Gasteiger partial charge in [-0.25, -0.2) is 0 Å². The van der Waals surface area contributed by atoms with E-state index >= 15 is 0 Å². The number of carbonyl (C=O) groups is 2. The molecule has 3 aliphatic rings. The van der Waals surface area contributed by atoms with E-state index in [-0.39, 0.29) is 48.5 Å². The van der Waals surface area contributed by atoms with E-state index in [0.29, 0.717) is 29.0 Å². The third-order valence-electron chi connectivity index (χ3n) is 7.54. The molecule has 2 aliphatic heterocycles. The average molecular weight is 525 g/mol. The fourth-order valence-corrected chi connectivity index (χ4v) is 5.46. The lowest BCUT2D eigenvalue weighted by Gasteiger charge is -2.48. The first-order chi connectivity index (χ1) is 17.7. The fourth-order valence-electron chi connectivity index (χ4n) is 5.33. The Morgan fingerprint density at radius 2 is 1.86 bits per heavy atom. The van der Waals surface area contributed by atoms with Crippen molar-refractivity contribution in [1.82, 2.24) is 10.2 Å². The van der Waals surface area contributed by atoms with E-state index < -0.39 is 0 Å². The van der Waals surface area contributed by atoms with Gasteiger partial charge in [-0.3, -0.25) is 9.59 Å². The van der Waals surface area contributed by atoms with E-state index in [4.69, 9.17) is 25.8 Å². The molecule has 2 aromatic carbocycles. The van der Waals surface area contributed by atoms with Crippen molar-refractivity contribution in [3.8, 4) is 11.5 Å². The number of halogens is 1. The molecule has 2 amide bonds. The summed E-state index contributed by atoms with van der Waals surface area (Å²) in [5.74, 6) is 1.60. The van der Waals surface area contributed by atoms with Crippen LogP contribution in [0.1, 0.15) is 51.2 Å². The number of hydrogen-bond donors (Lipinski definition) is 1. The Kier molecular flexibility index (Phi) is 7.08. The quantitative estimate of drug-likeness (QED) is 0.546. The van der Waals surface area contributed by atoms with Crippen LogP contribution in [0.25, 0.3) is 6.08 Å². The van der Waals surface area contributed by atoms with Crippen molar-refractivity contribution in [1.29, 1.82) is 0 Å². The van der Waals surface area contributed by atoms with Gasteiger partial charge in [0.1, 0.15) is 12.6 Å². The number of rotatable bonds is 5. The Labute approximate surface area is 222 Å². The third-order valence-corrected chi connectivity index (χ3v) is 7.79. The molecule has 0 aromatic heterocycles. The van der Waals surface area contributed by atoms with Crippen molar-refractivity contribution in [3.63, 3.8) is 0 Å². The van der Waals surface area contributed by atoms with Gasteiger partial charge in [-0.2, -0.15) is 0 Å². The van der Waals surface area contributed by atoms with E-state index in [2.05, 4.69) is 26.1 Å². The highest BCUT2D eigenvalue weighted by Gasteiger charge is 2.46. The second-order valence-electron chi connectivity index (χ2n) is 11.1. The normalized spacial score (nSPS) is 24.0. The molecule has 3 unspecified atom stereocenters. The maximum absolute atomic E-state index is 13.6. The third kappa shape index (κ3) is 5.72. The predicted molar refractivity (Wildman–Crippen MR) is 141 cm³/mol. The molecule has 1 N–H and O–H groups in total. The summed E-state index contributed by atoms with van der Waals surface area (Å²) in [5, 5.41) is 3.59. The van der Waals surface area contributed by atoms with Crippen LogP contribution in [0.3, 0.4) is 0 Å². The molecule has 1 saturated heterocycles. The number of nitrogens with one attached hydrogen (secondary N) is 1. The zero-order valence-electron chi connectivity index (χ0n) is 21.5. The maximum atomic E-state index is 13.6. The maximum Gasteiger partial charge on any atom is 0.289 e. The van der Waals surface area contributed by atoms with E-state index in [0.717, 1.165) is 30.4 Å². The number of fused-ring (bicyclic) bond motifs is 2. The summed E-state index contributed by atoms with van der Waals surface area (Å²) >= 11 is 6.02. The Balaban J connectivity index is 1.33. The van der Waals surface area contributed by atoms with Crippen molar-refractivity contribution >= 4 is 29.5 Å². The predicted octanol–water partition coefficient (Wildman–Crippen LogP) is 5.17. The molecule has 1 saturated carbocycles. The Morgan fingerprint density at radius 3 is 2.62 bits per heavy atom. The lowest BCUT2D eigenvalue weighted by molar-refractivity contribution is -0.154. The fraction of sp³-hybridized carbons (Fsp3) is 0.448. The van der Waals surface area contributed by atoms with Gasteiger partial charge in [-0.15, -0.1) is 0 Å². The van der Waals surface area contributed by atoms with Gasteiger partial charge in [-0.1, -0.05) is 50.6 Å². The summed E-state index contributed by atoms with van der Waals surface area (Å²) in [7, 11) is 0. The van der Waals surface area contributed by atoms with Gasteiger partial charge in [-0.05, 0) is 72.1 Å². The first-order valence-corrected chi connectivity index (χ1v) is 13.2. The monoisotopic (exact) mass is 524 g/mol. The summed E-state index contributed by atoms with van der Waals surface area (Å²) in [6.45, 7) is 7.21. The molecule has 0 spiro atoms. The zero-order valence-corrected chi connectivity index (χ0v) is 22.2. The molecule has 5 rings (SSSR count). The smallest absolute Gasteiger partial charge is 0.289 e. The minimum Gasteiger partial charge on any atom is -0.482 e. The molecule has 2 fully saturated rings. The van der Waals surface area contributed by atoms with Crippen LogP contribution in [0.15, 0.2) is 48.2 Å². The van der Waals surface area contributed by atoms with E-state index in [9.17, 15) is 9.59 Å². The van der Waals surface area contributed by atoms with Gasteiger partial charge in [0.15, 0.2) is 17.3 Å². The molecule has 2 aromatic rings. The molecule has 196 valence electrons. The topological polar surface area (TPSA) is 77.1 Å². The molecular weight excluding hydrogens is 492 g/mol. The molecule has 3 atom stereocenters. The average Bonchev–Trinajstić information content (AvgIpc) is 3.34. The Hall–Kier alpha value is -3.19. The molecule has 0 radical (unpaired) electrons. The van der Waals surface area contributed by atoms with E-state index in [1.807, 2.05) is 30.3 Å². The van der Waals surface area contributed by atoms with Gasteiger partial charge in [0.2, 0.25) is 12.7 Å². The van der Waals surface area contributed by atoms with Gasteiger partial charge in [0.05, 0.1) is 6.04 Å². The van der Waals surface area contributed by atoms with E-state index in [1.54, 1.807) is 23.1 Å². The summed E-state index contributed by atoms with van der Waals surface area (Å²) < 4.78 is 17.0. The second kappa shape index (κ2) is 10.3. The number of ether oxygens (including phenoxy) is 3. The molecule has 37 heavy (non-hydrogen) atoms. The Morgan fingerprint density at radius 1 is 1.11 bits per heavy atom. The first kappa shape index (κ1) is 25.5. The van der Waals surface area contributed by atoms with Crippen LogP contribution in [0, 0.1) is 11.3 Å². The molecule has 8 heteroatoms. The van der Waals surface area contributed by atoms with Crippen molar-refractivity contribution in [2.24, 2.45) is 11.3 Å². The van der Waals surface area contributed by atoms with Gasteiger partial charge in [0.25, 0.3) is 5.91 Å². The highest BCUT2D eigenvalue weighted by molar-refractivity contribution is 6.30. The van der Waals surface area contributed by atoms with Crippen molar-refractivity contribution < 1.29 is 23.8 Å². The number of morpholine rings is 1. The minimum atomic E-state index is -0.260. The molecule has 0 bridgehead atoms. The van der Waals surface area contributed by atoms with Crippen LogP contribution in [-0.4, -0.2) is 42.2 Å². The SMILES string of the molecule is CC(C)(C)C1CCC2O/C(=C/c3ccc(Cl)cc3)C(=O)N(CC(=O)NCc3ccc4c(c3)OCO4)C2C1. The lowest BCUT2D eigenvalue weighted by atomic mass is 9.69. The largest absolute Gasteiger partial charge is 0.482 e. The van der Waals surface area contributed by atoms with Gasteiger partial charge >= 0.3 is 0 Å². The van der Waals surface area contributed by atoms with E-state index in [1.165, 1.54) is 0 Å². The summed E-state index contributed by atoms with van der Waals surface area (Å²) in [5.41, 5.74) is 1.83. The molecular formula is C29H33ClN2O5. The minimum absolute atomic E-state index is 0.0251. The summed E-state index contributed by atoms with van der Waals surface area (Å²) in [6, 6.07) is 12.7. The van der Waals surface area contributed by atoms with Gasteiger partial charge < -0.3 is 24.4 Å². The number of benzene rings is 2. The Bertz CT molecular complexity index is 1200. The van der Waals surface area contributed by atoms with Crippen LogP contribution >= 0.6 is 11.6 Å². The second-order valence-corrected chi connectivity index (χ2v) is 11.5.